The molecular weight excluding hydrogens is 272 g/mol. The maximum atomic E-state index is 5.46. The van der Waals surface area contributed by atoms with Gasteiger partial charge in [-0.3, -0.25) is 0 Å². The molecule has 20 heavy (non-hydrogen) atoms. The lowest BCUT2D eigenvalue weighted by Crippen LogP contribution is -2.19. The van der Waals surface area contributed by atoms with Gasteiger partial charge in [0.25, 0.3) is 0 Å². The van der Waals surface area contributed by atoms with E-state index < -0.39 is 0 Å². The summed E-state index contributed by atoms with van der Waals surface area (Å²) < 4.78 is 7.44. The summed E-state index contributed by atoms with van der Waals surface area (Å²) in [6.45, 7) is 4.85. The minimum Gasteiger partial charge on any atom is -0.494 e. The third-order valence-electron chi connectivity index (χ3n) is 3.13. The Morgan fingerprint density at radius 2 is 2.05 bits per heavy atom. The molecule has 106 valence electrons. The van der Waals surface area contributed by atoms with Crippen LogP contribution in [-0.4, -0.2) is 26.9 Å². The minimum atomic E-state index is 0.395. The van der Waals surface area contributed by atoms with E-state index in [-0.39, 0.29) is 0 Å². The molecule has 1 aliphatic heterocycles. The van der Waals surface area contributed by atoms with Crippen molar-refractivity contribution in [3.8, 4) is 17.1 Å². The topological polar surface area (TPSA) is 52.0 Å². The van der Waals surface area contributed by atoms with Crippen molar-refractivity contribution in [2.75, 3.05) is 12.0 Å². The molecule has 0 unspecified atom stereocenters. The molecule has 1 N–H and O–H groups in total. The first-order valence-corrected chi connectivity index (χ1v) is 7.81. The van der Waals surface area contributed by atoms with Crippen LogP contribution >= 0.6 is 11.8 Å². The Hall–Kier alpha value is -1.69. The molecule has 2 heterocycles. The van der Waals surface area contributed by atoms with Crippen LogP contribution < -0.4 is 10.2 Å². The zero-order valence-corrected chi connectivity index (χ0v) is 12.5. The van der Waals surface area contributed by atoms with Gasteiger partial charge in [-0.15, -0.1) is 10.2 Å². The first-order valence-electron chi connectivity index (χ1n) is 6.93. The molecule has 1 atom stereocenters. The smallest absolute Gasteiger partial charge is 0.212 e. The third kappa shape index (κ3) is 2.47. The molecule has 1 aromatic heterocycles. The normalized spacial score (nSPS) is 16.8. The Bertz CT molecular complexity index is 581. The van der Waals surface area contributed by atoms with Crippen molar-refractivity contribution in [2.45, 2.75) is 37.2 Å². The van der Waals surface area contributed by atoms with Crippen LogP contribution in [0.25, 0.3) is 11.4 Å². The first kappa shape index (κ1) is 13.3. The molecular formula is C14H18N4OS. The van der Waals surface area contributed by atoms with Crippen molar-refractivity contribution < 1.29 is 4.74 Å². The largest absolute Gasteiger partial charge is 0.494 e. The predicted molar refractivity (Wildman–Crippen MR) is 80.5 cm³/mol. The molecule has 0 saturated heterocycles. The second kappa shape index (κ2) is 5.75. The van der Waals surface area contributed by atoms with Gasteiger partial charge in [-0.25, -0.2) is 4.68 Å². The van der Waals surface area contributed by atoms with E-state index in [0.717, 1.165) is 35.1 Å². The second-order valence-electron chi connectivity index (χ2n) is 4.62. The van der Waals surface area contributed by atoms with Gasteiger partial charge in [0.15, 0.2) is 5.82 Å². The van der Waals surface area contributed by atoms with E-state index in [1.165, 1.54) is 0 Å². The third-order valence-corrected chi connectivity index (χ3v) is 4.23. The van der Waals surface area contributed by atoms with E-state index in [2.05, 4.69) is 22.5 Å². The Morgan fingerprint density at radius 1 is 1.25 bits per heavy atom. The standard InChI is InChI=1S/C14H18N4OS/c1-3-5-12-17-18-13(15-16-14(18)20-12)10-6-8-11(9-7-10)19-4-2/h6-9,12,17H,3-5H2,1-2H3/t12-/m0/s1. The number of fused-ring (bicyclic) bond motifs is 1. The van der Waals surface area contributed by atoms with E-state index in [1.807, 2.05) is 35.9 Å². The zero-order chi connectivity index (χ0) is 13.9. The number of aromatic nitrogens is 3. The summed E-state index contributed by atoms with van der Waals surface area (Å²) in [6.07, 6.45) is 2.28. The Balaban J connectivity index is 1.82. The highest BCUT2D eigenvalue weighted by Gasteiger charge is 2.26. The Morgan fingerprint density at radius 3 is 2.75 bits per heavy atom. The van der Waals surface area contributed by atoms with Gasteiger partial charge in [0.2, 0.25) is 5.16 Å². The molecule has 0 amide bonds. The van der Waals surface area contributed by atoms with Crippen molar-refractivity contribution in [3.05, 3.63) is 24.3 Å². The van der Waals surface area contributed by atoms with Crippen molar-refractivity contribution in [2.24, 2.45) is 0 Å². The average molecular weight is 290 g/mol. The van der Waals surface area contributed by atoms with Gasteiger partial charge in [0, 0.05) is 5.56 Å². The van der Waals surface area contributed by atoms with Gasteiger partial charge >= 0.3 is 0 Å². The van der Waals surface area contributed by atoms with Crippen molar-refractivity contribution >= 4 is 11.8 Å². The van der Waals surface area contributed by atoms with Crippen LogP contribution in [-0.2, 0) is 0 Å². The SMILES string of the molecule is CCC[C@H]1Nn2c(nnc2-c2ccc(OCC)cc2)S1. The van der Waals surface area contributed by atoms with Crippen LogP contribution in [0.4, 0.5) is 0 Å². The van der Waals surface area contributed by atoms with Crippen LogP contribution in [0.3, 0.4) is 0 Å². The number of nitrogens with one attached hydrogen (secondary N) is 1. The summed E-state index contributed by atoms with van der Waals surface area (Å²) in [5.74, 6) is 1.73. The lowest BCUT2D eigenvalue weighted by atomic mass is 10.2. The molecule has 0 aliphatic carbocycles. The van der Waals surface area contributed by atoms with E-state index in [9.17, 15) is 0 Å². The Kier molecular flexibility index (Phi) is 3.82. The van der Waals surface area contributed by atoms with Crippen LogP contribution in [0, 0.1) is 0 Å². The van der Waals surface area contributed by atoms with Crippen LogP contribution in [0.1, 0.15) is 26.7 Å². The molecule has 0 radical (unpaired) electrons. The summed E-state index contributed by atoms with van der Waals surface area (Å²) in [6, 6.07) is 7.96. The molecule has 3 rings (SSSR count). The van der Waals surface area contributed by atoms with Crippen LogP contribution in [0.5, 0.6) is 5.75 Å². The van der Waals surface area contributed by atoms with Gasteiger partial charge in [-0.05, 0) is 37.6 Å². The van der Waals surface area contributed by atoms with Crippen molar-refractivity contribution in [1.82, 2.24) is 14.9 Å². The second-order valence-corrected chi connectivity index (χ2v) is 5.79. The maximum absolute atomic E-state index is 5.46. The number of thioether (sulfide) groups is 1. The van der Waals surface area contributed by atoms with E-state index in [0.29, 0.717) is 12.0 Å². The zero-order valence-electron chi connectivity index (χ0n) is 11.7. The Labute approximate surface area is 122 Å². The lowest BCUT2D eigenvalue weighted by molar-refractivity contribution is 0.340. The van der Waals surface area contributed by atoms with Gasteiger partial charge in [0.1, 0.15) is 5.75 Å². The highest BCUT2D eigenvalue weighted by atomic mass is 32.2. The fraction of sp³-hybridized carbons (Fsp3) is 0.429. The molecule has 1 aliphatic rings. The summed E-state index contributed by atoms with van der Waals surface area (Å²) in [4.78, 5) is 0. The molecule has 0 fully saturated rings. The first-order chi connectivity index (χ1) is 9.81. The summed E-state index contributed by atoms with van der Waals surface area (Å²) in [5.41, 5.74) is 4.48. The van der Waals surface area contributed by atoms with Crippen LogP contribution in [0.15, 0.2) is 29.4 Å². The van der Waals surface area contributed by atoms with Crippen molar-refractivity contribution in [3.63, 3.8) is 0 Å². The number of ether oxygens (including phenoxy) is 1. The number of hydrogen-bond donors (Lipinski definition) is 1. The maximum Gasteiger partial charge on any atom is 0.212 e. The average Bonchev–Trinajstić information content (AvgIpc) is 3.00. The highest BCUT2D eigenvalue weighted by Crippen LogP contribution is 2.33. The monoisotopic (exact) mass is 290 g/mol. The fourth-order valence-corrected chi connectivity index (χ4v) is 3.30. The highest BCUT2D eigenvalue weighted by molar-refractivity contribution is 8.00. The summed E-state index contributed by atoms with van der Waals surface area (Å²) in [5, 5.41) is 9.85. The van der Waals surface area contributed by atoms with E-state index in [1.54, 1.807) is 11.8 Å². The molecule has 0 saturated carbocycles. The molecule has 0 bridgehead atoms. The van der Waals surface area contributed by atoms with Crippen molar-refractivity contribution in [1.29, 1.82) is 0 Å². The van der Waals surface area contributed by atoms with Gasteiger partial charge in [0.05, 0.1) is 12.0 Å². The predicted octanol–water partition coefficient (Wildman–Crippen LogP) is 3.12. The molecule has 0 spiro atoms. The van der Waals surface area contributed by atoms with E-state index >= 15 is 0 Å². The summed E-state index contributed by atoms with van der Waals surface area (Å²) >= 11 is 1.74. The minimum absolute atomic E-state index is 0.395. The van der Waals surface area contributed by atoms with Gasteiger partial charge in [-0.1, -0.05) is 25.1 Å². The lowest BCUT2D eigenvalue weighted by Gasteiger charge is -2.10. The van der Waals surface area contributed by atoms with Gasteiger partial charge in [-0.2, -0.15) is 0 Å². The molecule has 6 heteroatoms. The molecule has 5 nitrogen and oxygen atoms in total. The quantitative estimate of drug-likeness (QED) is 0.917. The molecule has 1 aromatic carbocycles. The number of rotatable bonds is 5. The van der Waals surface area contributed by atoms with Gasteiger partial charge < -0.3 is 10.2 Å². The molecule has 2 aromatic rings. The number of hydrogen-bond acceptors (Lipinski definition) is 5. The van der Waals surface area contributed by atoms with Crippen LogP contribution in [0.2, 0.25) is 0 Å². The number of benzene rings is 1. The van der Waals surface area contributed by atoms with E-state index in [4.69, 9.17) is 4.74 Å². The summed E-state index contributed by atoms with van der Waals surface area (Å²) in [7, 11) is 0. The fourth-order valence-electron chi connectivity index (χ4n) is 2.20. The number of nitrogens with zero attached hydrogens (tertiary/aromatic N) is 3.